The lowest BCUT2D eigenvalue weighted by atomic mass is 10.4. The minimum atomic E-state index is -1.02. The first kappa shape index (κ1) is 12.6. The van der Waals surface area contributed by atoms with Gasteiger partial charge in [-0.1, -0.05) is 59.0 Å². The molecule has 1 rings (SSSR count). The number of hydrogen-bond acceptors (Lipinski definition) is 0. The van der Waals surface area contributed by atoms with E-state index in [4.69, 9.17) is 0 Å². The summed E-state index contributed by atoms with van der Waals surface area (Å²) in [6.45, 7) is 7.40. The molecule has 0 unspecified atom stereocenters. The second kappa shape index (κ2) is 5.07. The average molecular weight is 313 g/mol. The van der Waals surface area contributed by atoms with E-state index in [1.807, 2.05) is 0 Å². The van der Waals surface area contributed by atoms with E-state index in [-0.39, 0.29) is 7.83 Å². The third-order valence-corrected chi connectivity index (χ3v) is 25.0. The predicted octanol–water partition coefficient (Wildman–Crippen LogP) is 1.85. The van der Waals surface area contributed by atoms with E-state index >= 15 is 0 Å². The molecule has 0 saturated heterocycles. The van der Waals surface area contributed by atoms with E-state index in [9.17, 15) is 0 Å². The molecule has 0 aliphatic rings. The van der Waals surface area contributed by atoms with Crippen LogP contribution in [0, 0.1) is 0 Å². The van der Waals surface area contributed by atoms with E-state index in [0.717, 1.165) is 8.55 Å². The van der Waals surface area contributed by atoms with Gasteiger partial charge < -0.3 is 0 Å². The molecule has 0 fully saturated rings. The van der Waals surface area contributed by atoms with E-state index in [0.29, 0.717) is 0 Å². The number of benzene rings is 1. The van der Waals surface area contributed by atoms with Crippen molar-refractivity contribution < 1.29 is 0 Å². The van der Waals surface area contributed by atoms with Crippen LogP contribution in [0.5, 0.6) is 0 Å². The van der Waals surface area contributed by atoms with Crippen LogP contribution >= 0.6 is 15.9 Å². The summed E-state index contributed by atoms with van der Waals surface area (Å²) in [5.41, 5.74) is 0. The summed E-state index contributed by atoms with van der Waals surface area (Å²) >= 11 is 3.66. The molecule has 0 aliphatic heterocycles. The zero-order valence-corrected chi connectivity index (χ0v) is 14.3. The molecule has 6 radical (unpaired) electrons. The van der Waals surface area contributed by atoms with Crippen LogP contribution in [0.4, 0.5) is 0 Å². The molecule has 0 bridgehead atoms. The summed E-state index contributed by atoms with van der Waals surface area (Å²) in [7, 11) is 3.28. The van der Waals surface area contributed by atoms with Crippen molar-refractivity contribution in [2.24, 2.45) is 0 Å². The maximum absolute atomic E-state index is 3.76. The molecule has 72 valence electrons. The van der Waals surface area contributed by atoms with Crippen molar-refractivity contribution >= 4 is 54.9 Å². The Bertz CT molecular complexity index is 308. The number of hydrogen-bond donors (Lipinski definition) is 0. The summed E-state index contributed by atoms with van der Waals surface area (Å²) in [5.74, 6) is 0. The minimum absolute atomic E-state index is 0.374. The predicted molar refractivity (Wildman–Crippen MR) is 74.4 cm³/mol. The first-order chi connectivity index (χ1) is 6.46. The molecule has 5 heteroatoms. The van der Waals surface area contributed by atoms with Crippen LogP contribution in [0.25, 0.3) is 0 Å². The lowest BCUT2D eigenvalue weighted by Gasteiger charge is -2.27. The molecular formula is C9H13BrSi4. The second-order valence-electron chi connectivity index (χ2n) is 4.23. The largest absolute Gasteiger partial charge is 0.0716 e. The van der Waals surface area contributed by atoms with Crippen molar-refractivity contribution in [3.63, 3.8) is 0 Å². The maximum atomic E-state index is 3.76. The SMILES string of the molecule is C[Si](C)(C)[Si]([Si][Si])c1ccccc1Br. The molecule has 0 nitrogen and oxygen atoms in total. The van der Waals surface area contributed by atoms with Gasteiger partial charge in [0, 0.05) is 30.4 Å². The Morgan fingerprint density at radius 1 is 1.29 bits per heavy atom. The van der Waals surface area contributed by atoms with Crippen molar-refractivity contribution in [1.82, 2.24) is 0 Å². The van der Waals surface area contributed by atoms with Crippen LogP contribution in [-0.4, -0.2) is 33.7 Å². The van der Waals surface area contributed by atoms with Crippen LogP contribution < -0.4 is 5.19 Å². The van der Waals surface area contributed by atoms with Gasteiger partial charge in [-0.2, -0.15) is 0 Å². The zero-order valence-electron chi connectivity index (χ0n) is 8.69. The Kier molecular flexibility index (Phi) is 4.57. The molecule has 0 atom stereocenters. The van der Waals surface area contributed by atoms with Gasteiger partial charge in [0.2, 0.25) is 0 Å². The number of rotatable bonds is 3. The molecule has 0 saturated carbocycles. The average Bonchev–Trinajstić information content (AvgIpc) is 2.07. The van der Waals surface area contributed by atoms with Crippen LogP contribution in [-0.2, 0) is 0 Å². The van der Waals surface area contributed by atoms with Crippen molar-refractivity contribution in [1.29, 1.82) is 0 Å². The highest BCUT2D eigenvalue weighted by atomic mass is 79.9. The molecule has 0 heterocycles. The summed E-state index contributed by atoms with van der Waals surface area (Å²) in [4.78, 5) is 0. The van der Waals surface area contributed by atoms with Gasteiger partial charge in [0.15, 0.2) is 0 Å². The van der Waals surface area contributed by atoms with Gasteiger partial charge in [0.1, 0.15) is 0 Å². The highest BCUT2D eigenvalue weighted by Gasteiger charge is 2.29. The molecular weight excluding hydrogens is 300 g/mol. The van der Waals surface area contributed by atoms with Gasteiger partial charge in [0.25, 0.3) is 0 Å². The third kappa shape index (κ3) is 3.03. The Hall–Kier alpha value is 0.568. The van der Waals surface area contributed by atoms with Gasteiger partial charge in [0.05, 0.1) is 7.83 Å². The highest BCUT2D eigenvalue weighted by Crippen LogP contribution is 2.12. The van der Waals surface area contributed by atoms with Crippen molar-refractivity contribution in [2.75, 3.05) is 0 Å². The van der Waals surface area contributed by atoms with E-state index in [2.05, 4.69) is 69.6 Å². The first-order valence-electron chi connectivity index (χ1n) is 4.52. The van der Waals surface area contributed by atoms with Crippen LogP contribution in [0.1, 0.15) is 0 Å². The first-order valence-corrected chi connectivity index (χ1v) is 14.8. The molecule has 0 amide bonds. The van der Waals surface area contributed by atoms with Gasteiger partial charge in [-0.05, 0) is 6.07 Å². The standard InChI is InChI=1S/C9H13BrSi4/c1-14(2,3)13(12-11)9-7-5-4-6-8(9)10/h4-7H,1-3H3. The van der Waals surface area contributed by atoms with E-state index in [1.165, 1.54) is 4.47 Å². The maximum Gasteiger partial charge on any atom is 0.0618 e. The van der Waals surface area contributed by atoms with E-state index in [1.54, 1.807) is 5.19 Å². The zero-order chi connectivity index (χ0) is 10.8. The fraction of sp³-hybridized carbons (Fsp3) is 0.333. The molecule has 0 aromatic heterocycles. The summed E-state index contributed by atoms with van der Waals surface area (Å²) in [5, 5.41) is 1.56. The Labute approximate surface area is 103 Å². The minimum Gasteiger partial charge on any atom is -0.0716 e. The van der Waals surface area contributed by atoms with Crippen LogP contribution in [0.15, 0.2) is 28.7 Å². The normalized spacial score (nSPS) is 12.1. The summed E-state index contributed by atoms with van der Waals surface area (Å²) < 4.78 is 1.29. The van der Waals surface area contributed by atoms with Crippen molar-refractivity contribution in [2.45, 2.75) is 19.6 Å². The highest BCUT2D eigenvalue weighted by molar-refractivity contribution is 9.10. The van der Waals surface area contributed by atoms with E-state index < -0.39 is 7.59 Å². The quantitative estimate of drug-likeness (QED) is 0.747. The molecule has 0 N–H and O–H groups in total. The summed E-state index contributed by atoms with van der Waals surface area (Å²) in [6.07, 6.45) is 0. The van der Waals surface area contributed by atoms with Gasteiger partial charge in [-0.15, -0.1) is 0 Å². The number of halogens is 1. The fourth-order valence-electron chi connectivity index (χ4n) is 1.32. The lowest BCUT2D eigenvalue weighted by Crippen LogP contribution is -2.56. The Morgan fingerprint density at radius 3 is 2.29 bits per heavy atom. The second-order valence-corrected chi connectivity index (χ2v) is 23.1. The fourth-order valence-corrected chi connectivity index (χ4v) is 25.2. The molecule has 14 heavy (non-hydrogen) atoms. The summed E-state index contributed by atoms with van der Waals surface area (Å²) in [6, 6.07) is 8.68. The Balaban J connectivity index is 3.08. The van der Waals surface area contributed by atoms with Gasteiger partial charge >= 0.3 is 0 Å². The van der Waals surface area contributed by atoms with Crippen molar-refractivity contribution in [3.8, 4) is 0 Å². The van der Waals surface area contributed by atoms with Gasteiger partial charge in [-0.25, -0.2) is 0 Å². The monoisotopic (exact) mass is 312 g/mol. The Morgan fingerprint density at radius 2 is 1.86 bits per heavy atom. The van der Waals surface area contributed by atoms with Crippen LogP contribution in [0.2, 0.25) is 19.6 Å². The molecule has 1 aromatic carbocycles. The molecule has 0 spiro atoms. The van der Waals surface area contributed by atoms with Crippen LogP contribution in [0.3, 0.4) is 0 Å². The lowest BCUT2D eigenvalue weighted by molar-refractivity contribution is 1.70. The smallest absolute Gasteiger partial charge is 0.0618 e. The van der Waals surface area contributed by atoms with Crippen molar-refractivity contribution in [3.05, 3.63) is 28.7 Å². The topological polar surface area (TPSA) is 0 Å². The molecule has 0 aliphatic carbocycles. The van der Waals surface area contributed by atoms with Gasteiger partial charge in [-0.3, -0.25) is 0 Å². The molecule has 1 aromatic rings. The third-order valence-electron chi connectivity index (χ3n) is 2.02.